The van der Waals surface area contributed by atoms with E-state index in [9.17, 15) is 13.6 Å². The highest BCUT2D eigenvalue weighted by atomic mass is 19.1. The molecule has 1 aromatic carbocycles. The summed E-state index contributed by atoms with van der Waals surface area (Å²) < 4.78 is 28.8. The van der Waals surface area contributed by atoms with E-state index in [0.29, 0.717) is 13.1 Å². The molecule has 0 unspecified atom stereocenters. The average Bonchev–Trinajstić information content (AvgIpc) is 3.09. The van der Waals surface area contributed by atoms with E-state index in [1.165, 1.54) is 18.2 Å². The number of hydrogen-bond donors (Lipinski definition) is 1. The second-order valence-electron chi connectivity index (χ2n) is 9.70. The second kappa shape index (κ2) is 6.69. The standard InChI is InChI=1S/C23H27F2N5O/c1-22(2)14-7-8-23(22,18-12-30(21(26)31)10-9-29(18)3)20-13(14)11-17(27-28-20)19-15(24)5-4-6-16(19)25/h4-6,11,14,18H,7-10,12H2,1-3H3,(H2,26,31)/t14-,18-,23-/m0/s1. The Morgan fingerprint density at radius 1 is 1.19 bits per heavy atom. The molecule has 8 heteroatoms. The predicted octanol–water partition coefficient (Wildman–Crippen LogP) is 3.27. The first-order valence-corrected chi connectivity index (χ1v) is 10.8. The molecule has 2 bridgehead atoms. The molecule has 31 heavy (non-hydrogen) atoms. The van der Waals surface area contributed by atoms with Crippen molar-refractivity contribution in [2.24, 2.45) is 11.1 Å². The Kier molecular flexibility index (Phi) is 4.38. The summed E-state index contributed by atoms with van der Waals surface area (Å²) in [5.41, 5.74) is 7.17. The largest absolute Gasteiger partial charge is 0.351 e. The van der Waals surface area contributed by atoms with Gasteiger partial charge < -0.3 is 10.6 Å². The first-order chi connectivity index (χ1) is 14.7. The van der Waals surface area contributed by atoms with Crippen molar-refractivity contribution >= 4 is 6.03 Å². The number of fused-ring (bicyclic) bond motifs is 5. The van der Waals surface area contributed by atoms with Gasteiger partial charge in [-0.2, -0.15) is 10.2 Å². The van der Waals surface area contributed by atoms with Crippen molar-refractivity contribution in [3.05, 3.63) is 47.2 Å². The molecule has 2 aromatic rings. The summed E-state index contributed by atoms with van der Waals surface area (Å²) in [5.74, 6) is -1.07. The summed E-state index contributed by atoms with van der Waals surface area (Å²) in [7, 11) is 2.08. The molecule has 2 fully saturated rings. The van der Waals surface area contributed by atoms with Crippen molar-refractivity contribution < 1.29 is 13.6 Å². The third-order valence-electron chi connectivity index (χ3n) is 8.22. The van der Waals surface area contributed by atoms with E-state index in [4.69, 9.17) is 5.73 Å². The molecule has 1 saturated carbocycles. The number of urea groups is 1. The lowest BCUT2D eigenvalue weighted by atomic mass is 9.63. The Hall–Kier alpha value is -2.61. The van der Waals surface area contributed by atoms with E-state index in [1.54, 1.807) is 4.90 Å². The molecule has 3 atom stereocenters. The molecule has 2 aliphatic carbocycles. The van der Waals surface area contributed by atoms with E-state index in [1.807, 2.05) is 6.07 Å². The Labute approximate surface area is 180 Å². The van der Waals surface area contributed by atoms with Crippen LogP contribution in [0.1, 0.15) is 43.9 Å². The first-order valence-electron chi connectivity index (χ1n) is 10.8. The number of carbonyl (C=O) groups excluding carboxylic acids is 1. The molecule has 2 amide bonds. The number of rotatable bonds is 2. The molecule has 0 radical (unpaired) electrons. The van der Waals surface area contributed by atoms with Gasteiger partial charge in [-0.3, -0.25) is 4.90 Å². The minimum atomic E-state index is -0.643. The zero-order valence-electron chi connectivity index (χ0n) is 18.0. The number of likely N-dealkylation sites (N-methyl/N-ethyl adjacent to an activating group) is 1. The molecule has 3 aliphatic rings. The number of nitrogens with zero attached hydrogens (tertiary/aromatic N) is 4. The summed E-state index contributed by atoms with van der Waals surface area (Å²) in [6.07, 6.45) is 1.90. The van der Waals surface area contributed by atoms with Gasteiger partial charge >= 0.3 is 6.03 Å². The van der Waals surface area contributed by atoms with Gasteiger partial charge in [0.25, 0.3) is 0 Å². The monoisotopic (exact) mass is 427 g/mol. The predicted molar refractivity (Wildman–Crippen MR) is 112 cm³/mol. The van der Waals surface area contributed by atoms with Gasteiger partial charge in [-0.15, -0.1) is 0 Å². The SMILES string of the molecule is CN1CCN(C(N)=O)C[C@H]1[C@@]12CC[C@@H](c3cc(-c4c(F)cccc4F)nnc31)C2(C)C. The van der Waals surface area contributed by atoms with Crippen LogP contribution in [-0.2, 0) is 5.41 Å². The van der Waals surface area contributed by atoms with Gasteiger partial charge in [-0.05, 0) is 55.0 Å². The Morgan fingerprint density at radius 3 is 2.58 bits per heavy atom. The van der Waals surface area contributed by atoms with Crippen LogP contribution in [0.5, 0.6) is 0 Å². The summed E-state index contributed by atoms with van der Waals surface area (Å²) in [5, 5.41) is 8.90. The Morgan fingerprint density at radius 2 is 1.90 bits per heavy atom. The van der Waals surface area contributed by atoms with Gasteiger partial charge in [0.15, 0.2) is 0 Å². The zero-order chi connectivity index (χ0) is 22.1. The molecule has 0 spiro atoms. The normalized spacial score (nSPS) is 29.3. The first kappa shape index (κ1) is 20.3. The average molecular weight is 427 g/mol. The second-order valence-corrected chi connectivity index (χ2v) is 9.70. The Bertz CT molecular complexity index is 1050. The molecule has 2 heterocycles. The van der Waals surface area contributed by atoms with E-state index >= 15 is 0 Å². The third kappa shape index (κ3) is 2.60. The number of amides is 2. The fraction of sp³-hybridized carbons (Fsp3) is 0.522. The van der Waals surface area contributed by atoms with Gasteiger partial charge in [0, 0.05) is 31.1 Å². The van der Waals surface area contributed by atoms with Crippen molar-refractivity contribution in [2.75, 3.05) is 26.7 Å². The highest BCUT2D eigenvalue weighted by molar-refractivity contribution is 5.72. The van der Waals surface area contributed by atoms with Gasteiger partial charge in [0.05, 0.1) is 17.0 Å². The summed E-state index contributed by atoms with van der Waals surface area (Å²) in [4.78, 5) is 15.9. The van der Waals surface area contributed by atoms with E-state index < -0.39 is 17.7 Å². The van der Waals surface area contributed by atoms with Crippen molar-refractivity contribution in [1.82, 2.24) is 20.0 Å². The number of piperazine rings is 1. The van der Waals surface area contributed by atoms with Crippen molar-refractivity contribution in [3.63, 3.8) is 0 Å². The minimum Gasteiger partial charge on any atom is -0.351 e. The lowest BCUT2D eigenvalue weighted by Crippen LogP contribution is -2.64. The minimum absolute atomic E-state index is 0.0420. The summed E-state index contributed by atoms with van der Waals surface area (Å²) >= 11 is 0. The maximum absolute atomic E-state index is 14.4. The van der Waals surface area contributed by atoms with Crippen LogP contribution in [0.3, 0.4) is 0 Å². The fourth-order valence-electron chi connectivity index (χ4n) is 6.58. The topological polar surface area (TPSA) is 75.3 Å². The van der Waals surface area contributed by atoms with Crippen molar-refractivity contribution in [3.8, 4) is 11.3 Å². The number of aromatic nitrogens is 2. The highest BCUT2D eigenvalue weighted by Crippen LogP contribution is 2.69. The van der Waals surface area contributed by atoms with Crippen LogP contribution in [0.2, 0.25) is 0 Å². The lowest BCUT2D eigenvalue weighted by molar-refractivity contribution is 0.0211. The third-order valence-corrected chi connectivity index (χ3v) is 8.22. The maximum Gasteiger partial charge on any atom is 0.314 e. The number of carbonyl (C=O) groups is 1. The van der Waals surface area contributed by atoms with E-state index in [-0.39, 0.29) is 34.0 Å². The molecule has 1 aliphatic heterocycles. The van der Waals surface area contributed by atoms with Crippen LogP contribution >= 0.6 is 0 Å². The van der Waals surface area contributed by atoms with Gasteiger partial charge in [0.1, 0.15) is 11.6 Å². The lowest BCUT2D eigenvalue weighted by Gasteiger charge is -2.51. The molecular formula is C23H27F2N5O. The molecule has 6 nitrogen and oxygen atoms in total. The molecule has 5 rings (SSSR count). The van der Waals surface area contributed by atoms with Crippen LogP contribution in [0.25, 0.3) is 11.3 Å². The maximum atomic E-state index is 14.4. The van der Waals surface area contributed by atoms with Crippen LogP contribution in [0, 0.1) is 17.0 Å². The molecule has 1 aromatic heterocycles. The number of nitrogens with two attached hydrogens (primary N) is 1. The van der Waals surface area contributed by atoms with Crippen LogP contribution in [0.4, 0.5) is 13.6 Å². The number of hydrogen-bond acceptors (Lipinski definition) is 4. The zero-order valence-corrected chi connectivity index (χ0v) is 18.0. The van der Waals surface area contributed by atoms with Crippen molar-refractivity contribution in [1.29, 1.82) is 0 Å². The smallest absolute Gasteiger partial charge is 0.314 e. The van der Waals surface area contributed by atoms with Gasteiger partial charge in [-0.1, -0.05) is 19.9 Å². The molecule has 2 N–H and O–H groups in total. The molecule has 164 valence electrons. The van der Waals surface area contributed by atoms with Crippen LogP contribution in [-0.4, -0.2) is 58.8 Å². The quantitative estimate of drug-likeness (QED) is 0.798. The summed E-state index contributed by atoms with van der Waals surface area (Å²) in [6, 6.07) is 5.28. The van der Waals surface area contributed by atoms with Crippen LogP contribution < -0.4 is 5.73 Å². The molecular weight excluding hydrogens is 400 g/mol. The molecule has 1 saturated heterocycles. The van der Waals surface area contributed by atoms with Crippen molar-refractivity contribution in [2.45, 2.75) is 44.1 Å². The van der Waals surface area contributed by atoms with E-state index in [2.05, 4.69) is 36.0 Å². The number of halogens is 2. The van der Waals surface area contributed by atoms with Gasteiger partial charge in [0.2, 0.25) is 0 Å². The number of benzene rings is 1. The van der Waals surface area contributed by atoms with Crippen LogP contribution in [0.15, 0.2) is 24.3 Å². The number of primary amides is 1. The Balaban J connectivity index is 1.64. The van der Waals surface area contributed by atoms with Gasteiger partial charge in [-0.25, -0.2) is 13.6 Å². The highest BCUT2D eigenvalue weighted by Gasteiger charge is 2.67. The summed E-state index contributed by atoms with van der Waals surface area (Å²) in [6.45, 7) is 6.36. The fourth-order valence-corrected chi connectivity index (χ4v) is 6.58. The van der Waals surface area contributed by atoms with E-state index in [0.717, 1.165) is 30.6 Å².